The van der Waals surface area contributed by atoms with E-state index >= 15 is 4.39 Å². The van der Waals surface area contributed by atoms with E-state index in [9.17, 15) is 15.0 Å². The molecule has 3 N–H and O–H groups in total. The summed E-state index contributed by atoms with van der Waals surface area (Å²) in [7, 11) is 3.06. The van der Waals surface area contributed by atoms with Gasteiger partial charge in [0, 0.05) is 21.2 Å². The van der Waals surface area contributed by atoms with Gasteiger partial charge < -0.3 is 10.2 Å². The first-order chi connectivity index (χ1) is 14.3. The van der Waals surface area contributed by atoms with Crippen LogP contribution in [0.2, 0.25) is 0 Å². The SMILES string of the molecule is Cn1c(O)[n+](C)c2c(c1=O)C(c1cc(Br)ccc1F)C1=C(O)c3ccccc3C1=[NH+]2. The lowest BCUT2D eigenvalue weighted by molar-refractivity contribution is -0.723. The van der Waals surface area contributed by atoms with Crippen LogP contribution in [0.5, 0.6) is 6.01 Å². The maximum Gasteiger partial charge on any atom is 0.519 e. The van der Waals surface area contributed by atoms with Crippen LogP contribution in [0.25, 0.3) is 5.76 Å². The van der Waals surface area contributed by atoms with Gasteiger partial charge in [0.1, 0.15) is 25.7 Å². The molecule has 0 amide bonds. The lowest BCUT2D eigenvalue weighted by Crippen LogP contribution is -2.75. The minimum absolute atomic E-state index is 0.000839. The molecule has 0 fully saturated rings. The van der Waals surface area contributed by atoms with Crippen molar-refractivity contribution < 1.29 is 24.2 Å². The summed E-state index contributed by atoms with van der Waals surface area (Å²) in [6, 6.07) is 11.5. The van der Waals surface area contributed by atoms with E-state index in [4.69, 9.17) is 0 Å². The zero-order chi connectivity index (χ0) is 21.3. The number of halogens is 2. The van der Waals surface area contributed by atoms with Crippen LogP contribution in [0, 0.1) is 5.82 Å². The molecule has 2 heterocycles. The Balaban J connectivity index is 1.96. The van der Waals surface area contributed by atoms with Crippen molar-refractivity contribution in [1.82, 2.24) is 4.57 Å². The Hall–Kier alpha value is -3.26. The number of fused-ring (bicyclic) bond motifs is 4. The van der Waals surface area contributed by atoms with Crippen LogP contribution in [0.1, 0.15) is 28.2 Å². The number of rotatable bonds is 1. The van der Waals surface area contributed by atoms with E-state index in [1.807, 2.05) is 12.1 Å². The van der Waals surface area contributed by atoms with Gasteiger partial charge in [-0.15, -0.1) is 9.13 Å². The summed E-state index contributed by atoms with van der Waals surface area (Å²) in [6.07, 6.45) is 0. The highest BCUT2D eigenvalue weighted by Gasteiger charge is 2.48. The fourth-order valence-corrected chi connectivity index (χ4v) is 4.71. The molecule has 1 aliphatic heterocycles. The van der Waals surface area contributed by atoms with Crippen molar-refractivity contribution in [3.63, 3.8) is 0 Å². The number of aliphatic hydroxyl groups excluding tert-OH is 1. The highest BCUT2D eigenvalue weighted by atomic mass is 79.9. The molecule has 0 spiro atoms. The van der Waals surface area contributed by atoms with Crippen LogP contribution >= 0.6 is 15.9 Å². The summed E-state index contributed by atoms with van der Waals surface area (Å²) < 4.78 is 18.3. The van der Waals surface area contributed by atoms with Crippen LogP contribution < -0.4 is 15.1 Å². The predicted octanol–water partition coefficient (Wildman–Crippen LogP) is 1.45. The highest BCUT2D eigenvalue weighted by Crippen LogP contribution is 2.44. The maximum atomic E-state index is 15.1. The first-order valence-electron chi connectivity index (χ1n) is 9.25. The molecule has 1 aromatic heterocycles. The van der Waals surface area contributed by atoms with Crippen LogP contribution in [0.3, 0.4) is 0 Å². The molecule has 1 atom stereocenters. The minimum atomic E-state index is -0.869. The molecule has 150 valence electrons. The van der Waals surface area contributed by atoms with Gasteiger partial charge >= 0.3 is 17.4 Å². The van der Waals surface area contributed by atoms with Crippen LogP contribution in [0.4, 0.5) is 10.2 Å². The highest BCUT2D eigenvalue weighted by molar-refractivity contribution is 9.10. The monoisotopic (exact) mass is 469 g/mol. The molecule has 6 nitrogen and oxygen atoms in total. The summed E-state index contributed by atoms with van der Waals surface area (Å²) in [6.45, 7) is 0. The van der Waals surface area contributed by atoms with Gasteiger partial charge in [0.15, 0.2) is 11.3 Å². The Morgan fingerprint density at radius 3 is 2.60 bits per heavy atom. The number of hydrogen-bond acceptors (Lipinski definition) is 3. The van der Waals surface area contributed by atoms with Crippen LogP contribution in [0.15, 0.2) is 57.3 Å². The number of allylic oxidation sites excluding steroid dienone is 1. The minimum Gasteiger partial charge on any atom is -0.507 e. The zero-order valence-electron chi connectivity index (χ0n) is 16.1. The van der Waals surface area contributed by atoms with E-state index in [1.54, 1.807) is 31.3 Å². The Morgan fingerprint density at radius 2 is 1.87 bits per heavy atom. The number of nitrogens with one attached hydrogen (secondary N) is 1. The third-order valence-electron chi connectivity index (χ3n) is 5.79. The number of aromatic hydroxyl groups is 1. The van der Waals surface area contributed by atoms with Gasteiger partial charge in [0.25, 0.3) is 0 Å². The summed E-state index contributed by atoms with van der Waals surface area (Å²) in [5.74, 6) is -1.01. The number of benzene rings is 2. The predicted molar refractivity (Wildman–Crippen MR) is 111 cm³/mol. The number of hydrogen-bond donors (Lipinski definition) is 3. The average molecular weight is 470 g/mol. The van der Waals surface area contributed by atoms with E-state index in [0.717, 1.165) is 10.1 Å². The Bertz CT molecular complexity index is 1390. The fraction of sp³-hybridized carbons (Fsp3) is 0.136. The molecule has 5 rings (SSSR count). The summed E-state index contributed by atoms with van der Waals surface area (Å²) in [4.78, 5) is 16.4. The molecule has 0 radical (unpaired) electrons. The van der Waals surface area contributed by atoms with E-state index < -0.39 is 17.3 Å². The first-order valence-corrected chi connectivity index (χ1v) is 10.0. The van der Waals surface area contributed by atoms with Crippen molar-refractivity contribution >= 4 is 33.2 Å². The van der Waals surface area contributed by atoms with Gasteiger partial charge in [-0.25, -0.2) is 14.2 Å². The van der Waals surface area contributed by atoms with Crippen LogP contribution in [-0.4, -0.2) is 20.5 Å². The van der Waals surface area contributed by atoms with Gasteiger partial charge in [-0.2, -0.15) is 0 Å². The van der Waals surface area contributed by atoms with Gasteiger partial charge in [0.05, 0.1) is 11.5 Å². The van der Waals surface area contributed by atoms with Gasteiger partial charge in [-0.1, -0.05) is 34.1 Å². The molecule has 1 unspecified atom stereocenters. The summed E-state index contributed by atoms with van der Waals surface area (Å²) in [5, 5.41) is 21.5. The van der Waals surface area contributed by atoms with Gasteiger partial charge in [-0.3, -0.25) is 0 Å². The lowest BCUT2D eigenvalue weighted by Gasteiger charge is -2.22. The molecule has 0 saturated carbocycles. The van der Waals surface area contributed by atoms with E-state index in [0.29, 0.717) is 27.1 Å². The summed E-state index contributed by atoms with van der Waals surface area (Å²) >= 11 is 3.38. The second-order valence-electron chi connectivity index (χ2n) is 7.39. The number of nitrogens with zero attached hydrogens (tertiary/aromatic N) is 2. The standard InChI is InChI=1S/C22H15BrFN3O3/c1-26-20-17(21(29)27(2)22(26)30)15(13-9-10(23)7-8-14(13)24)16-18(25-20)11-5-3-4-6-12(11)19(16)28/h3-9,15H,1-2H3,(H,25,28,29)/p+2. The molecular formula is C22H17BrFN3O3+2. The average Bonchev–Trinajstić information content (AvgIpc) is 3.03. The van der Waals surface area contributed by atoms with Crippen molar-refractivity contribution in [3.05, 3.63) is 90.9 Å². The smallest absolute Gasteiger partial charge is 0.507 e. The maximum absolute atomic E-state index is 15.1. The molecule has 0 bridgehead atoms. The molecule has 0 saturated heterocycles. The second-order valence-corrected chi connectivity index (χ2v) is 8.31. The van der Waals surface area contributed by atoms with E-state index in [1.165, 1.54) is 17.7 Å². The lowest BCUT2D eigenvalue weighted by atomic mass is 9.81. The van der Waals surface area contributed by atoms with Gasteiger partial charge in [-0.05, 0) is 24.3 Å². The third-order valence-corrected chi connectivity index (χ3v) is 6.28. The molecule has 8 heteroatoms. The van der Waals surface area contributed by atoms with Crippen molar-refractivity contribution in [2.24, 2.45) is 14.1 Å². The number of aromatic nitrogens is 2. The fourth-order valence-electron chi connectivity index (χ4n) is 4.33. The third kappa shape index (κ3) is 2.37. The molecule has 1 aliphatic carbocycles. The Morgan fingerprint density at radius 1 is 1.17 bits per heavy atom. The molecule has 2 aromatic carbocycles. The topological polar surface area (TPSA) is 80.3 Å². The second kappa shape index (κ2) is 6.37. The van der Waals surface area contributed by atoms with Crippen LogP contribution in [-0.2, 0) is 14.1 Å². The zero-order valence-corrected chi connectivity index (χ0v) is 17.7. The molecule has 30 heavy (non-hydrogen) atoms. The van der Waals surface area contributed by atoms with E-state index in [2.05, 4.69) is 20.9 Å². The van der Waals surface area contributed by atoms with Crippen molar-refractivity contribution in [3.8, 4) is 6.01 Å². The van der Waals surface area contributed by atoms with Crippen molar-refractivity contribution in [2.75, 3.05) is 0 Å². The normalized spacial score (nSPS) is 16.8. The van der Waals surface area contributed by atoms with Crippen molar-refractivity contribution in [2.45, 2.75) is 5.92 Å². The Kier molecular flexibility index (Phi) is 3.98. The summed E-state index contributed by atoms with van der Waals surface area (Å²) in [5.41, 5.74) is 2.39. The Labute approximate surface area is 179 Å². The molecule has 2 aliphatic rings. The van der Waals surface area contributed by atoms with Crippen molar-refractivity contribution in [1.29, 1.82) is 0 Å². The molecule has 3 aromatic rings. The first kappa shape index (κ1) is 18.7. The number of aliphatic hydroxyl groups is 1. The van der Waals surface area contributed by atoms with Gasteiger partial charge in [0.2, 0.25) is 0 Å². The largest absolute Gasteiger partial charge is 0.519 e. The van der Waals surface area contributed by atoms with E-state index in [-0.39, 0.29) is 22.9 Å². The quantitative estimate of drug-likeness (QED) is 0.472. The molecular weight excluding hydrogens is 453 g/mol.